The van der Waals surface area contributed by atoms with Gasteiger partial charge in [-0.15, -0.1) is 0 Å². The van der Waals surface area contributed by atoms with Gasteiger partial charge in [-0.1, -0.05) is 12.2 Å². The molecular formula is C18H20N4O9S. The summed E-state index contributed by atoms with van der Waals surface area (Å²) < 4.78 is 28.3. The van der Waals surface area contributed by atoms with Crippen molar-refractivity contribution in [1.82, 2.24) is 19.5 Å². The van der Waals surface area contributed by atoms with E-state index in [9.17, 15) is 19.2 Å². The third-order valence-electron chi connectivity index (χ3n) is 4.51. The molecule has 0 saturated carbocycles. The minimum absolute atomic E-state index is 0.191. The summed E-state index contributed by atoms with van der Waals surface area (Å²) in [5.41, 5.74) is 0.650. The van der Waals surface area contributed by atoms with Gasteiger partial charge in [0, 0.05) is 20.8 Å². The number of methoxy groups -OCH3 is 1. The van der Waals surface area contributed by atoms with Gasteiger partial charge in [-0.3, -0.25) is 19.0 Å². The zero-order valence-electron chi connectivity index (χ0n) is 17.5. The van der Waals surface area contributed by atoms with Crippen LogP contribution in [0, 0.1) is 4.64 Å². The van der Waals surface area contributed by atoms with Crippen molar-refractivity contribution in [2.24, 2.45) is 0 Å². The molecular weight excluding hydrogens is 448 g/mol. The van der Waals surface area contributed by atoms with Crippen LogP contribution in [-0.4, -0.2) is 74.9 Å². The summed E-state index contributed by atoms with van der Waals surface area (Å²) in [4.78, 5) is 59.0. The number of hydrogen-bond acceptors (Lipinski definition) is 12. The molecule has 1 aliphatic rings. The quantitative estimate of drug-likeness (QED) is 0.365. The van der Waals surface area contributed by atoms with Crippen molar-refractivity contribution in [1.29, 1.82) is 0 Å². The average molecular weight is 468 g/mol. The topological polar surface area (TPSA) is 161 Å². The van der Waals surface area contributed by atoms with Crippen molar-refractivity contribution in [3.63, 3.8) is 0 Å². The van der Waals surface area contributed by atoms with Crippen molar-refractivity contribution in [2.75, 3.05) is 7.11 Å². The fourth-order valence-electron chi connectivity index (χ4n) is 3.39. The number of esters is 4. The van der Waals surface area contributed by atoms with Gasteiger partial charge in [0.15, 0.2) is 35.3 Å². The number of H-pyrrole nitrogens is 1. The van der Waals surface area contributed by atoms with E-state index in [-0.39, 0.29) is 4.64 Å². The maximum absolute atomic E-state index is 12.5. The minimum atomic E-state index is -1.52. The molecule has 0 spiro atoms. The third kappa shape index (κ3) is 4.60. The summed E-state index contributed by atoms with van der Waals surface area (Å²) in [6.07, 6.45) is -4.33. The SMILES string of the molecule is COC(=O)[C@H]1O[C@@H](n2cnc3c(=S)nc[nH]c32)[C@H](OC(C)=O)[C@@H](OC(C)=O)[C@@H]1OC(C)=O. The Balaban J connectivity index is 2.19. The van der Waals surface area contributed by atoms with Gasteiger partial charge in [-0.05, 0) is 0 Å². The van der Waals surface area contributed by atoms with Crippen molar-refractivity contribution >= 4 is 47.3 Å². The number of aromatic amines is 1. The first-order valence-electron chi connectivity index (χ1n) is 9.29. The molecule has 0 amide bonds. The Bertz CT molecular complexity index is 1110. The van der Waals surface area contributed by atoms with E-state index in [1.807, 2.05) is 0 Å². The highest BCUT2D eigenvalue weighted by molar-refractivity contribution is 7.71. The number of aromatic nitrogens is 4. The Kier molecular flexibility index (Phi) is 6.84. The molecule has 0 unspecified atom stereocenters. The fourth-order valence-corrected chi connectivity index (χ4v) is 3.59. The van der Waals surface area contributed by atoms with Crippen LogP contribution in [0.25, 0.3) is 11.2 Å². The molecule has 1 N–H and O–H groups in total. The zero-order valence-corrected chi connectivity index (χ0v) is 18.3. The zero-order chi connectivity index (χ0) is 23.6. The smallest absolute Gasteiger partial charge is 0.339 e. The summed E-state index contributed by atoms with van der Waals surface area (Å²) in [5, 5.41) is 0. The Morgan fingerprint density at radius 2 is 1.59 bits per heavy atom. The number of ether oxygens (including phenoxy) is 5. The van der Waals surface area contributed by atoms with Gasteiger partial charge in [0.1, 0.15) is 11.2 Å². The predicted molar refractivity (Wildman–Crippen MR) is 105 cm³/mol. The lowest BCUT2D eigenvalue weighted by atomic mass is 9.96. The van der Waals surface area contributed by atoms with Crippen molar-refractivity contribution in [3.8, 4) is 0 Å². The van der Waals surface area contributed by atoms with Crippen LogP contribution in [0.15, 0.2) is 12.7 Å². The van der Waals surface area contributed by atoms with Crippen molar-refractivity contribution < 1.29 is 42.9 Å². The second-order valence-electron chi connectivity index (χ2n) is 6.75. The van der Waals surface area contributed by atoms with Gasteiger partial charge >= 0.3 is 23.9 Å². The molecule has 0 radical (unpaired) electrons. The second-order valence-corrected chi connectivity index (χ2v) is 7.14. The van der Waals surface area contributed by atoms with Gasteiger partial charge < -0.3 is 28.7 Å². The summed E-state index contributed by atoms with van der Waals surface area (Å²) in [7, 11) is 1.11. The fraction of sp³-hybridized carbons (Fsp3) is 0.500. The maximum atomic E-state index is 12.5. The van der Waals surface area contributed by atoms with E-state index in [1.54, 1.807) is 0 Å². The third-order valence-corrected chi connectivity index (χ3v) is 4.81. The summed E-state index contributed by atoms with van der Waals surface area (Å²) in [6.45, 7) is 3.35. The van der Waals surface area contributed by atoms with E-state index in [1.165, 1.54) is 17.2 Å². The molecule has 1 aliphatic heterocycles. The number of fused-ring (bicyclic) bond motifs is 1. The molecule has 2 aromatic rings. The molecule has 1 fully saturated rings. The normalized spacial score (nSPS) is 25.1. The lowest BCUT2D eigenvalue weighted by molar-refractivity contribution is -0.262. The molecule has 0 bridgehead atoms. The minimum Gasteiger partial charge on any atom is -0.467 e. The number of rotatable bonds is 5. The molecule has 13 nitrogen and oxygen atoms in total. The molecule has 172 valence electrons. The molecule has 0 aromatic carbocycles. The summed E-state index contributed by atoms with van der Waals surface area (Å²) in [5.74, 6) is -3.20. The monoisotopic (exact) mass is 468 g/mol. The number of nitrogens with zero attached hydrogens (tertiary/aromatic N) is 3. The first-order chi connectivity index (χ1) is 15.1. The highest BCUT2D eigenvalue weighted by Gasteiger charge is 2.55. The van der Waals surface area contributed by atoms with Gasteiger partial charge in [0.2, 0.25) is 0 Å². The molecule has 32 heavy (non-hydrogen) atoms. The van der Waals surface area contributed by atoms with Gasteiger partial charge in [-0.2, -0.15) is 0 Å². The van der Waals surface area contributed by atoms with E-state index in [0.29, 0.717) is 11.2 Å². The van der Waals surface area contributed by atoms with Crippen LogP contribution in [0.2, 0.25) is 0 Å². The van der Waals surface area contributed by atoms with E-state index >= 15 is 0 Å². The van der Waals surface area contributed by atoms with E-state index in [4.69, 9.17) is 35.9 Å². The lowest BCUT2D eigenvalue weighted by Gasteiger charge is -2.43. The molecule has 2 aromatic heterocycles. The summed E-state index contributed by atoms with van der Waals surface area (Å²) in [6, 6.07) is 0. The Morgan fingerprint density at radius 1 is 1.00 bits per heavy atom. The van der Waals surface area contributed by atoms with Crippen LogP contribution in [0.5, 0.6) is 0 Å². The number of hydrogen-bond donors (Lipinski definition) is 1. The molecule has 5 atom stereocenters. The van der Waals surface area contributed by atoms with Crippen molar-refractivity contribution in [2.45, 2.75) is 51.4 Å². The number of carbonyl (C=O) groups excluding carboxylic acids is 4. The van der Waals surface area contributed by atoms with Crippen LogP contribution in [0.1, 0.15) is 27.0 Å². The molecule has 1 saturated heterocycles. The Morgan fingerprint density at radius 3 is 2.19 bits per heavy atom. The van der Waals surface area contributed by atoms with Gasteiger partial charge in [0.05, 0.1) is 19.8 Å². The van der Waals surface area contributed by atoms with Crippen LogP contribution in [0.3, 0.4) is 0 Å². The average Bonchev–Trinajstić information content (AvgIpc) is 3.14. The number of nitrogens with one attached hydrogen (secondary N) is 1. The van der Waals surface area contributed by atoms with E-state index < -0.39 is 54.5 Å². The van der Waals surface area contributed by atoms with Crippen LogP contribution in [-0.2, 0) is 42.9 Å². The molecule has 3 heterocycles. The Hall–Kier alpha value is -3.39. The number of carbonyl (C=O) groups is 4. The Labute approximate surface area is 186 Å². The van der Waals surface area contributed by atoms with Crippen LogP contribution >= 0.6 is 12.2 Å². The van der Waals surface area contributed by atoms with Gasteiger partial charge in [-0.25, -0.2) is 14.8 Å². The number of imidazole rings is 1. The van der Waals surface area contributed by atoms with E-state index in [2.05, 4.69) is 15.0 Å². The van der Waals surface area contributed by atoms with Gasteiger partial charge in [0.25, 0.3) is 0 Å². The largest absolute Gasteiger partial charge is 0.467 e. The molecule has 0 aliphatic carbocycles. The molecule has 3 rings (SSSR count). The molecule has 14 heteroatoms. The van der Waals surface area contributed by atoms with Crippen LogP contribution < -0.4 is 0 Å². The first-order valence-corrected chi connectivity index (χ1v) is 9.70. The standard InChI is InChI=1S/C18H20N4O9S/c1-7(23)28-11-12(29-8(2)24)14(18(26)27-4)31-17(13(11)30-9(3)25)22-6-21-10-15(22)19-5-20-16(10)32/h5-6,11-14,17H,1-4H3,(H,19,20,32)/t11-,12-,13+,14-,17+/m0/s1. The first kappa shape index (κ1) is 23.3. The van der Waals surface area contributed by atoms with E-state index in [0.717, 1.165) is 27.9 Å². The summed E-state index contributed by atoms with van der Waals surface area (Å²) >= 11 is 5.16. The second kappa shape index (κ2) is 9.40. The highest BCUT2D eigenvalue weighted by Crippen LogP contribution is 2.36. The van der Waals surface area contributed by atoms with Crippen molar-refractivity contribution in [3.05, 3.63) is 17.3 Å². The lowest BCUT2D eigenvalue weighted by Crippen LogP contribution is -2.61. The highest BCUT2D eigenvalue weighted by atomic mass is 32.1. The predicted octanol–water partition coefficient (Wildman–Crippen LogP) is 0.354. The van der Waals surface area contributed by atoms with Crippen LogP contribution in [0.4, 0.5) is 0 Å². The maximum Gasteiger partial charge on any atom is 0.339 e.